The monoisotopic (exact) mass is 546 g/mol. The summed E-state index contributed by atoms with van der Waals surface area (Å²) in [6.07, 6.45) is 3.22. The van der Waals surface area contributed by atoms with Crippen molar-refractivity contribution >= 4 is 56.6 Å². The molecule has 2 aromatic heterocycles. The van der Waals surface area contributed by atoms with E-state index in [1.807, 2.05) is 60.7 Å². The Hall–Kier alpha value is -2.48. The van der Waals surface area contributed by atoms with Gasteiger partial charge in [0, 0.05) is 21.4 Å². The maximum absolute atomic E-state index is 12.9. The van der Waals surface area contributed by atoms with Gasteiger partial charge in [-0.1, -0.05) is 105 Å². The Morgan fingerprint density at radius 1 is 0.892 bits per heavy atom. The van der Waals surface area contributed by atoms with Crippen LogP contribution in [-0.2, 0) is 12.8 Å². The van der Waals surface area contributed by atoms with Crippen LogP contribution < -0.4 is 0 Å². The number of thioether (sulfide) groups is 2. The summed E-state index contributed by atoms with van der Waals surface area (Å²) in [5, 5.41) is 2.56. The van der Waals surface area contributed by atoms with Crippen LogP contribution in [0.3, 0.4) is 0 Å². The van der Waals surface area contributed by atoms with Gasteiger partial charge in [-0.3, -0.25) is 9.59 Å². The third-order valence-electron chi connectivity index (χ3n) is 6.94. The van der Waals surface area contributed by atoms with Crippen LogP contribution in [0.1, 0.15) is 58.3 Å². The number of hydrogen-bond acceptors (Lipinski definition) is 7. The molecule has 4 aromatic rings. The van der Waals surface area contributed by atoms with Crippen molar-refractivity contribution in [2.75, 3.05) is 11.5 Å². The fraction of sp³-hybridized carbons (Fsp3) is 0.333. The molecule has 37 heavy (non-hydrogen) atoms. The lowest BCUT2D eigenvalue weighted by molar-refractivity contribution is 0.101. The van der Waals surface area contributed by atoms with Crippen molar-refractivity contribution in [1.29, 1.82) is 0 Å². The van der Waals surface area contributed by atoms with E-state index in [9.17, 15) is 9.59 Å². The lowest BCUT2D eigenvalue weighted by Gasteiger charge is -2.33. The highest BCUT2D eigenvalue weighted by Gasteiger charge is 2.32. The van der Waals surface area contributed by atoms with Crippen molar-refractivity contribution in [3.63, 3.8) is 0 Å². The van der Waals surface area contributed by atoms with Crippen molar-refractivity contribution in [3.05, 3.63) is 82.2 Å². The fourth-order valence-corrected chi connectivity index (χ4v) is 7.88. The summed E-state index contributed by atoms with van der Waals surface area (Å²) in [5.41, 5.74) is 3.02. The zero-order valence-corrected chi connectivity index (χ0v) is 23.8. The molecule has 4 nitrogen and oxygen atoms in total. The maximum atomic E-state index is 12.9. The normalized spacial score (nSPS) is 15.5. The number of aryl methyl sites for hydroxylation is 1. The molecular formula is C30H30N2O2S3. The summed E-state index contributed by atoms with van der Waals surface area (Å²) < 4.78 is 0. The second-order valence-corrected chi connectivity index (χ2v) is 13.4. The van der Waals surface area contributed by atoms with Crippen molar-refractivity contribution in [2.24, 2.45) is 11.3 Å². The van der Waals surface area contributed by atoms with E-state index >= 15 is 0 Å². The SMILES string of the molecule is CC(C)(C)[C@@H]1CCc2c(sc3nc(SCC(=O)c4ccccc4)nc(SCC(=O)c4ccccc4)c23)C1. The number of carbonyl (C=O) groups excluding carboxylic acids is 2. The van der Waals surface area contributed by atoms with Gasteiger partial charge in [0.05, 0.1) is 11.5 Å². The second kappa shape index (κ2) is 11.1. The minimum Gasteiger partial charge on any atom is -0.293 e. The average molecular weight is 547 g/mol. The number of Topliss-reactive ketones (excluding diaryl/α,β-unsaturated/α-hetero) is 2. The summed E-state index contributed by atoms with van der Waals surface area (Å²) in [4.78, 5) is 37.7. The summed E-state index contributed by atoms with van der Waals surface area (Å²) in [5.74, 6) is 1.37. The standard InChI is InChI=1S/C30H30N2O2S3/c1-30(2,3)21-14-15-22-25(16-21)37-28-26(22)27(35-17-23(33)19-10-6-4-7-11-19)31-29(32-28)36-18-24(34)20-12-8-5-9-13-20/h4-13,21H,14-18H2,1-3H3/t21-/m1/s1. The number of ketones is 2. The van der Waals surface area contributed by atoms with Gasteiger partial charge in [0.15, 0.2) is 16.7 Å². The van der Waals surface area contributed by atoms with Crippen molar-refractivity contribution < 1.29 is 9.59 Å². The smallest absolute Gasteiger partial charge is 0.190 e. The topological polar surface area (TPSA) is 59.9 Å². The van der Waals surface area contributed by atoms with Crippen LogP contribution in [0, 0.1) is 11.3 Å². The second-order valence-electron chi connectivity index (χ2n) is 10.5. The number of thiophene rings is 1. The number of hydrogen-bond donors (Lipinski definition) is 0. The molecule has 0 amide bonds. The Morgan fingerprint density at radius 2 is 1.49 bits per heavy atom. The van der Waals surface area contributed by atoms with E-state index in [1.54, 1.807) is 11.3 Å². The largest absolute Gasteiger partial charge is 0.293 e. The number of rotatable bonds is 8. The molecule has 2 heterocycles. The molecular weight excluding hydrogens is 517 g/mol. The molecule has 7 heteroatoms. The zero-order chi connectivity index (χ0) is 26.0. The highest BCUT2D eigenvalue weighted by Crippen LogP contribution is 2.45. The Kier molecular flexibility index (Phi) is 7.84. The van der Waals surface area contributed by atoms with Crippen LogP contribution in [-0.4, -0.2) is 33.0 Å². The first-order valence-electron chi connectivity index (χ1n) is 12.5. The van der Waals surface area contributed by atoms with Crippen molar-refractivity contribution in [1.82, 2.24) is 9.97 Å². The highest BCUT2D eigenvalue weighted by molar-refractivity contribution is 8.00. The molecule has 0 bridgehead atoms. The number of fused-ring (bicyclic) bond motifs is 3. The van der Waals surface area contributed by atoms with Crippen LogP contribution in [0.25, 0.3) is 10.2 Å². The minimum absolute atomic E-state index is 0.0567. The van der Waals surface area contributed by atoms with E-state index in [0.717, 1.165) is 34.5 Å². The molecule has 0 spiro atoms. The van der Waals surface area contributed by atoms with E-state index in [-0.39, 0.29) is 22.7 Å². The van der Waals surface area contributed by atoms with Crippen LogP contribution >= 0.6 is 34.9 Å². The third kappa shape index (κ3) is 6.00. The van der Waals surface area contributed by atoms with E-state index in [1.165, 1.54) is 34.0 Å². The Morgan fingerprint density at radius 3 is 2.08 bits per heavy atom. The third-order valence-corrected chi connectivity index (χ3v) is 9.91. The molecule has 1 aliphatic carbocycles. The van der Waals surface area contributed by atoms with Gasteiger partial charge < -0.3 is 0 Å². The van der Waals surface area contributed by atoms with E-state index < -0.39 is 0 Å². The molecule has 1 aliphatic rings. The Balaban J connectivity index is 1.44. The molecule has 0 N–H and O–H groups in total. The van der Waals surface area contributed by atoms with Gasteiger partial charge in [0.2, 0.25) is 0 Å². The molecule has 0 saturated carbocycles. The minimum atomic E-state index is 0.0567. The van der Waals surface area contributed by atoms with E-state index in [4.69, 9.17) is 9.97 Å². The number of benzene rings is 2. The van der Waals surface area contributed by atoms with E-state index in [0.29, 0.717) is 28.0 Å². The van der Waals surface area contributed by atoms with Gasteiger partial charge in [0.25, 0.3) is 0 Å². The Bertz CT molecular complexity index is 1430. The summed E-state index contributed by atoms with van der Waals surface area (Å²) in [6, 6.07) is 18.7. The van der Waals surface area contributed by atoms with Crippen LogP contribution in [0.4, 0.5) is 0 Å². The fourth-order valence-electron chi connectivity index (χ4n) is 4.71. The molecule has 0 fully saturated rings. The van der Waals surface area contributed by atoms with Crippen molar-refractivity contribution in [2.45, 2.75) is 50.2 Å². The first kappa shape index (κ1) is 26.1. The summed E-state index contributed by atoms with van der Waals surface area (Å²) in [7, 11) is 0. The van der Waals surface area contributed by atoms with Crippen molar-refractivity contribution in [3.8, 4) is 0 Å². The van der Waals surface area contributed by atoms with Crippen LogP contribution in [0.5, 0.6) is 0 Å². The maximum Gasteiger partial charge on any atom is 0.190 e. The predicted octanol–water partition coefficient (Wildman–Crippen LogP) is 7.79. The molecule has 0 saturated heterocycles. The lowest BCUT2D eigenvalue weighted by atomic mass is 9.72. The highest BCUT2D eigenvalue weighted by atomic mass is 32.2. The molecule has 2 aromatic carbocycles. The molecule has 0 aliphatic heterocycles. The number of aromatic nitrogens is 2. The molecule has 0 unspecified atom stereocenters. The van der Waals surface area contributed by atoms with Crippen LogP contribution in [0.2, 0.25) is 0 Å². The van der Waals surface area contributed by atoms with Gasteiger partial charge in [-0.2, -0.15) is 0 Å². The average Bonchev–Trinajstić information content (AvgIpc) is 3.28. The molecule has 190 valence electrons. The number of nitrogens with zero attached hydrogens (tertiary/aromatic N) is 2. The first-order valence-corrected chi connectivity index (χ1v) is 15.3. The zero-order valence-electron chi connectivity index (χ0n) is 21.3. The predicted molar refractivity (Wildman–Crippen MR) is 155 cm³/mol. The lowest BCUT2D eigenvalue weighted by Crippen LogP contribution is -2.26. The first-order chi connectivity index (χ1) is 17.8. The van der Waals surface area contributed by atoms with Crippen LogP contribution in [0.15, 0.2) is 70.8 Å². The van der Waals surface area contributed by atoms with Gasteiger partial charge in [0.1, 0.15) is 9.86 Å². The van der Waals surface area contributed by atoms with Gasteiger partial charge >= 0.3 is 0 Å². The van der Waals surface area contributed by atoms with Gasteiger partial charge in [-0.15, -0.1) is 11.3 Å². The molecule has 1 atom stereocenters. The van der Waals surface area contributed by atoms with Gasteiger partial charge in [-0.25, -0.2) is 9.97 Å². The summed E-state index contributed by atoms with van der Waals surface area (Å²) >= 11 is 4.62. The Labute approximate surface area is 230 Å². The quantitative estimate of drug-likeness (QED) is 0.0973. The molecule has 0 radical (unpaired) electrons. The van der Waals surface area contributed by atoms with E-state index in [2.05, 4.69) is 20.8 Å². The number of carbonyl (C=O) groups is 2. The van der Waals surface area contributed by atoms with Gasteiger partial charge in [-0.05, 0) is 36.2 Å². The molecule has 5 rings (SSSR count). The summed E-state index contributed by atoms with van der Waals surface area (Å²) in [6.45, 7) is 6.97.